The molecule has 0 heterocycles. The number of hydrogen-bond acceptors (Lipinski definition) is 2. The average Bonchev–Trinajstić information content (AvgIpc) is 2.05. The number of benzene rings is 1. The van der Waals surface area contributed by atoms with Crippen molar-refractivity contribution in [1.82, 2.24) is 0 Å². The molecule has 0 aliphatic rings. The van der Waals surface area contributed by atoms with E-state index >= 15 is 0 Å². The van der Waals surface area contributed by atoms with Crippen LogP contribution < -0.4 is 10.2 Å². The Labute approximate surface area is 67.8 Å². The minimum absolute atomic E-state index is 1.15. The van der Waals surface area contributed by atoms with E-state index in [1.54, 1.807) is 0 Å². The van der Waals surface area contributed by atoms with E-state index in [2.05, 4.69) is 34.5 Å². The van der Waals surface area contributed by atoms with Crippen LogP contribution in [0.15, 0.2) is 24.3 Å². The van der Waals surface area contributed by atoms with Gasteiger partial charge in [-0.1, -0.05) is 0 Å². The Morgan fingerprint density at radius 3 is 2.00 bits per heavy atom. The van der Waals surface area contributed by atoms with E-state index < -0.39 is 0 Å². The summed E-state index contributed by atoms with van der Waals surface area (Å²) < 4.78 is 0. The van der Waals surface area contributed by atoms with Crippen LogP contribution >= 0.6 is 0 Å². The van der Waals surface area contributed by atoms with Gasteiger partial charge in [0.1, 0.15) is 0 Å². The second-order valence-corrected chi connectivity index (χ2v) is 2.69. The summed E-state index contributed by atoms with van der Waals surface area (Å²) in [5, 5.41) is 3.07. The maximum Gasteiger partial charge on any atom is 0.0362 e. The molecule has 0 bridgehead atoms. The molecule has 2 heteroatoms. The third-order valence-corrected chi connectivity index (χ3v) is 1.67. The molecule has 0 saturated heterocycles. The van der Waals surface area contributed by atoms with Crippen LogP contribution in [0.4, 0.5) is 11.4 Å². The van der Waals surface area contributed by atoms with E-state index in [4.69, 9.17) is 0 Å². The van der Waals surface area contributed by atoms with Crippen LogP contribution in [0.25, 0.3) is 0 Å². The summed E-state index contributed by atoms with van der Waals surface area (Å²) >= 11 is 0. The fourth-order valence-corrected chi connectivity index (χ4v) is 0.926. The summed E-state index contributed by atoms with van der Waals surface area (Å²) in [5.41, 5.74) is 2.37. The Hall–Kier alpha value is -1.18. The van der Waals surface area contributed by atoms with Gasteiger partial charge in [-0.3, -0.25) is 0 Å². The third kappa shape index (κ3) is 1.87. The highest BCUT2D eigenvalue weighted by molar-refractivity contribution is 5.53. The van der Waals surface area contributed by atoms with Crippen molar-refractivity contribution in [3.8, 4) is 0 Å². The SMILES string of the molecule is CNc1ccc(N(C)C)cc1. The van der Waals surface area contributed by atoms with Gasteiger partial charge in [-0.05, 0) is 24.3 Å². The molecule has 0 aliphatic heterocycles. The van der Waals surface area contributed by atoms with E-state index in [1.165, 1.54) is 5.69 Å². The van der Waals surface area contributed by atoms with Crippen molar-refractivity contribution in [3.63, 3.8) is 0 Å². The second kappa shape index (κ2) is 3.28. The van der Waals surface area contributed by atoms with Gasteiger partial charge in [-0.15, -0.1) is 0 Å². The summed E-state index contributed by atoms with van der Waals surface area (Å²) in [7, 11) is 5.99. The summed E-state index contributed by atoms with van der Waals surface area (Å²) in [4.78, 5) is 2.08. The lowest BCUT2D eigenvalue weighted by atomic mass is 10.3. The monoisotopic (exact) mass is 150 g/mol. The van der Waals surface area contributed by atoms with Gasteiger partial charge >= 0.3 is 0 Å². The van der Waals surface area contributed by atoms with Crippen molar-refractivity contribution in [2.45, 2.75) is 0 Å². The molecule has 2 nitrogen and oxygen atoms in total. The van der Waals surface area contributed by atoms with Gasteiger partial charge in [0.05, 0.1) is 0 Å². The average molecular weight is 150 g/mol. The first-order valence-corrected chi connectivity index (χ1v) is 3.69. The highest BCUT2D eigenvalue weighted by Gasteiger charge is 1.92. The normalized spacial score (nSPS) is 9.36. The molecule has 60 valence electrons. The highest BCUT2D eigenvalue weighted by atomic mass is 15.1. The minimum atomic E-state index is 1.15. The molecule has 0 radical (unpaired) electrons. The second-order valence-electron chi connectivity index (χ2n) is 2.69. The molecular formula is C9H14N2. The molecule has 1 aromatic carbocycles. The zero-order valence-corrected chi connectivity index (χ0v) is 7.26. The number of nitrogens with zero attached hydrogens (tertiary/aromatic N) is 1. The Bertz CT molecular complexity index is 214. The van der Waals surface area contributed by atoms with Crippen LogP contribution in [0, 0.1) is 0 Å². The third-order valence-electron chi connectivity index (χ3n) is 1.67. The van der Waals surface area contributed by atoms with Gasteiger partial charge in [0.15, 0.2) is 0 Å². The lowest BCUT2D eigenvalue weighted by Gasteiger charge is -2.12. The molecule has 0 amide bonds. The fraction of sp³-hybridized carbons (Fsp3) is 0.333. The van der Waals surface area contributed by atoms with Crippen molar-refractivity contribution in [3.05, 3.63) is 24.3 Å². The lowest BCUT2D eigenvalue weighted by molar-refractivity contribution is 1.13. The van der Waals surface area contributed by atoms with Crippen molar-refractivity contribution in [2.24, 2.45) is 0 Å². The zero-order valence-electron chi connectivity index (χ0n) is 7.26. The van der Waals surface area contributed by atoms with Gasteiger partial charge in [0, 0.05) is 32.5 Å². The molecule has 1 aromatic rings. The quantitative estimate of drug-likeness (QED) is 0.691. The molecule has 0 aliphatic carbocycles. The summed E-state index contributed by atoms with van der Waals surface area (Å²) in [6.07, 6.45) is 0. The smallest absolute Gasteiger partial charge is 0.0362 e. The van der Waals surface area contributed by atoms with Crippen LogP contribution in [-0.4, -0.2) is 21.1 Å². The summed E-state index contributed by atoms with van der Waals surface area (Å²) in [6, 6.07) is 8.31. The Morgan fingerprint density at radius 2 is 1.64 bits per heavy atom. The Kier molecular flexibility index (Phi) is 2.36. The first-order chi connectivity index (χ1) is 5.24. The van der Waals surface area contributed by atoms with Crippen molar-refractivity contribution >= 4 is 11.4 Å². The van der Waals surface area contributed by atoms with Gasteiger partial charge in [-0.25, -0.2) is 0 Å². The van der Waals surface area contributed by atoms with E-state index in [9.17, 15) is 0 Å². The van der Waals surface area contributed by atoms with Crippen LogP contribution in [0.3, 0.4) is 0 Å². The van der Waals surface area contributed by atoms with Gasteiger partial charge in [-0.2, -0.15) is 0 Å². The zero-order chi connectivity index (χ0) is 8.27. The summed E-state index contributed by atoms with van der Waals surface area (Å²) in [5.74, 6) is 0. The maximum atomic E-state index is 3.07. The number of rotatable bonds is 2. The molecule has 11 heavy (non-hydrogen) atoms. The number of anilines is 2. The predicted octanol–water partition coefficient (Wildman–Crippen LogP) is 1.79. The van der Waals surface area contributed by atoms with E-state index in [1.807, 2.05) is 21.1 Å². The number of hydrogen-bond donors (Lipinski definition) is 1. The van der Waals surface area contributed by atoms with Crippen LogP contribution in [0.1, 0.15) is 0 Å². The molecule has 0 saturated carbocycles. The van der Waals surface area contributed by atoms with Crippen molar-refractivity contribution in [2.75, 3.05) is 31.4 Å². The number of nitrogens with one attached hydrogen (secondary N) is 1. The predicted molar refractivity (Wildman–Crippen MR) is 50.3 cm³/mol. The van der Waals surface area contributed by atoms with Crippen molar-refractivity contribution < 1.29 is 0 Å². The van der Waals surface area contributed by atoms with Gasteiger partial charge in [0.25, 0.3) is 0 Å². The summed E-state index contributed by atoms with van der Waals surface area (Å²) in [6.45, 7) is 0. The molecule has 1 N–H and O–H groups in total. The highest BCUT2D eigenvalue weighted by Crippen LogP contribution is 2.14. The first kappa shape index (κ1) is 7.92. The maximum absolute atomic E-state index is 3.07. The van der Waals surface area contributed by atoms with E-state index in [-0.39, 0.29) is 0 Å². The molecule has 0 atom stereocenters. The Balaban J connectivity index is 2.83. The standard InChI is InChI=1S/C9H14N2/c1-10-8-4-6-9(7-5-8)11(2)3/h4-7,10H,1-3H3. The molecular weight excluding hydrogens is 136 g/mol. The lowest BCUT2D eigenvalue weighted by Crippen LogP contribution is -2.08. The minimum Gasteiger partial charge on any atom is -0.388 e. The fourth-order valence-electron chi connectivity index (χ4n) is 0.926. The van der Waals surface area contributed by atoms with E-state index in [0.717, 1.165) is 5.69 Å². The van der Waals surface area contributed by atoms with E-state index in [0.29, 0.717) is 0 Å². The molecule has 0 unspecified atom stereocenters. The van der Waals surface area contributed by atoms with Gasteiger partial charge in [0.2, 0.25) is 0 Å². The van der Waals surface area contributed by atoms with Gasteiger partial charge < -0.3 is 10.2 Å². The first-order valence-electron chi connectivity index (χ1n) is 3.69. The molecule has 0 fully saturated rings. The molecule has 0 aromatic heterocycles. The van der Waals surface area contributed by atoms with Crippen LogP contribution in [-0.2, 0) is 0 Å². The van der Waals surface area contributed by atoms with Crippen molar-refractivity contribution in [1.29, 1.82) is 0 Å². The molecule has 1 rings (SSSR count). The van der Waals surface area contributed by atoms with Crippen LogP contribution in [0.5, 0.6) is 0 Å². The van der Waals surface area contributed by atoms with Crippen LogP contribution in [0.2, 0.25) is 0 Å². The topological polar surface area (TPSA) is 15.3 Å². The Morgan fingerprint density at radius 1 is 1.09 bits per heavy atom. The molecule has 0 spiro atoms. The largest absolute Gasteiger partial charge is 0.388 e.